The van der Waals surface area contributed by atoms with Crippen molar-refractivity contribution in [2.45, 2.75) is 25.7 Å². The minimum absolute atomic E-state index is 0.0320. The normalized spacial score (nSPS) is 18.2. The van der Waals surface area contributed by atoms with Crippen molar-refractivity contribution < 1.29 is 27.9 Å². The third kappa shape index (κ3) is 5.15. The molecule has 0 bridgehead atoms. The highest BCUT2D eigenvalue weighted by atomic mass is 32.2. The van der Waals surface area contributed by atoms with Crippen LogP contribution in [-0.4, -0.2) is 55.7 Å². The number of hydrogen-bond acceptors (Lipinski definition) is 5. The number of methoxy groups -OCH3 is 1. The molecule has 0 aliphatic carbocycles. The molecule has 1 saturated heterocycles. The van der Waals surface area contributed by atoms with Crippen molar-refractivity contribution in [1.82, 2.24) is 4.31 Å². The van der Waals surface area contributed by atoms with E-state index >= 15 is 0 Å². The Morgan fingerprint density at radius 1 is 1.32 bits per heavy atom. The zero-order valence-corrected chi connectivity index (χ0v) is 11.7. The summed E-state index contributed by atoms with van der Waals surface area (Å²) < 4.78 is 29.6. The Labute approximate surface area is 112 Å². The number of carbonyl (C=O) groups is 2. The average molecular weight is 293 g/mol. The summed E-state index contributed by atoms with van der Waals surface area (Å²) in [5.41, 5.74) is 0. The van der Waals surface area contributed by atoms with E-state index in [0.717, 1.165) is 0 Å². The van der Waals surface area contributed by atoms with E-state index in [0.29, 0.717) is 25.9 Å². The second kappa shape index (κ2) is 6.85. The van der Waals surface area contributed by atoms with Crippen LogP contribution in [0.3, 0.4) is 0 Å². The van der Waals surface area contributed by atoms with Crippen LogP contribution in [0.4, 0.5) is 0 Å². The van der Waals surface area contributed by atoms with Gasteiger partial charge in [-0.05, 0) is 18.8 Å². The van der Waals surface area contributed by atoms with E-state index in [1.165, 1.54) is 11.4 Å². The van der Waals surface area contributed by atoms with Crippen molar-refractivity contribution in [3.05, 3.63) is 0 Å². The minimum atomic E-state index is -3.46. The van der Waals surface area contributed by atoms with Gasteiger partial charge in [0.25, 0.3) is 0 Å². The molecule has 1 aliphatic rings. The first-order chi connectivity index (χ1) is 8.85. The molecule has 0 radical (unpaired) electrons. The van der Waals surface area contributed by atoms with Crippen LogP contribution in [0.25, 0.3) is 0 Å². The third-order valence-electron chi connectivity index (χ3n) is 3.22. The standard InChI is InChI=1S/C11H19NO6S/c1-18-11(15)4-7-19(16,17)12-5-2-9(3-6-12)8-10(13)14/h9H,2-8H2,1H3,(H,13,14). The molecule has 0 aromatic heterocycles. The molecule has 0 saturated carbocycles. The lowest BCUT2D eigenvalue weighted by Crippen LogP contribution is -2.40. The summed E-state index contributed by atoms with van der Waals surface area (Å²) in [7, 11) is -2.24. The predicted molar refractivity (Wildman–Crippen MR) is 67.0 cm³/mol. The number of piperidine rings is 1. The molecule has 0 unspecified atom stereocenters. The van der Waals surface area contributed by atoms with E-state index in [1.54, 1.807) is 0 Å². The molecular weight excluding hydrogens is 274 g/mol. The Bertz CT molecular complexity index is 424. The van der Waals surface area contributed by atoms with Gasteiger partial charge in [0.1, 0.15) is 0 Å². The van der Waals surface area contributed by atoms with Gasteiger partial charge in [0.2, 0.25) is 10.0 Å². The van der Waals surface area contributed by atoms with E-state index < -0.39 is 22.0 Å². The molecule has 7 nitrogen and oxygen atoms in total. The number of esters is 1. The number of rotatable bonds is 6. The average Bonchev–Trinajstić information content (AvgIpc) is 2.36. The number of hydrogen-bond donors (Lipinski definition) is 1. The lowest BCUT2D eigenvalue weighted by Gasteiger charge is -2.30. The number of nitrogens with zero attached hydrogens (tertiary/aromatic N) is 1. The van der Waals surface area contributed by atoms with E-state index in [-0.39, 0.29) is 24.5 Å². The molecule has 19 heavy (non-hydrogen) atoms. The van der Waals surface area contributed by atoms with Crippen molar-refractivity contribution in [3.8, 4) is 0 Å². The number of sulfonamides is 1. The topological polar surface area (TPSA) is 101 Å². The van der Waals surface area contributed by atoms with Crippen LogP contribution in [0, 0.1) is 5.92 Å². The van der Waals surface area contributed by atoms with Crippen LogP contribution in [0.5, 0.6) is 0 Å². The molecule has 1 heterocycles. The molecule has 8 heteroatoms. The predicted octanol–water partition coefficient (Wildman–Crippen LogP) is 0.0660. The van der Waals surface area contributed by atoms with Crippen molar-refractivity contribution in [2.75, 3.05) is 26.0 Å². The fourth-order valence-electron chi connectivity index (χ4n) is 2.08. The molecule has 0 aromatic rings. The molecule has 0 aromatic carbocycles. The van der Waals surface area contributed by atoms with Gasteiger partial charge in [0.05, 0.1) is 19.3 Å². The van der Waals surface area contributed by atoms with E-state index in [9.17, 15) is 18.0 Å². The quantitative estimate of drug-likeness (QED) is 0.695. The number of carbonyl (C=O) groups excluding carboxylic acids is 1. The fourth-order valence-corrected chi connectivity index (χ4v) is 3.53. The van der Waals surface area contributed by atoms with Crippen molar-refractivity contribution >= 4 is 22.0 Å². The van der Waals surface area contributed by atoms with E-state index in [1.807, 2.05) is 0 Å². The van der Waals surface area contributed by atoms with Gasteiger partial charge in [-0.2, -0.15) is 0 Å². The smallest absolute Gasteiger partial charge is 0.306 e. The zero-order valence-electron chi connectivity index (χ0n) is 10.9. The Balaban J connectivity index is 2.45. The second-order valence-corrected chi connectivity index (χ2v) is 6.67. The highest BCUT2D eigenvalue weighted by Gasteiger charge is 2.29. The number of ether oxygens (including phenoxy) is 1. The Hall–Kier alpha value is -1.15. The van der Waals surface area contributed by atoms with Crippen LogP contribution < -0.4 is 0 Å². The second-order valence-electron chi connectivity index (χ2n) is 4.58. The van der Waals surface area contributed by atoms with Crippen LogP contribution in [0.2, 0.25) is 0 Å². The summed E-state index contributed by atoms with van der Waals surface area (Å²) >= 11 is 0. The lowest BCUT2D eigenvalue weighted by atomic mass is 9.95. The van der Waals surface area contributed by atoms with Crippen LogP contribution in [-0.2, 0) is 24.3 Å². The Morgan fingerprint density at radius 2 is 1.89 bits per heavy atom. The minimum Gasteiger partial charge on any atom is -0.481 e. The summed E-state index contributed by atoms with van der Waals surface area (Å²) in [5.74, 6) is -1.63. The van der Waals surface area contributed by atoms with Crippen molar-refractivity contribution in [2.24, 2.45) is 5.92 Å². The lowest BCUT2D eigenvalue weighted by molar-refractivity contribution is -0.140. The Morgan fingerprint density at radius 3 is 2.37 bits per heavy atom. The molecule has 1 fully saturated rings. The molecule has 1 aliphatic heterocycles. The first kappa shape index (κ1) is 15.9. The molecule has 1 N–H and O–H groups in total. The van der Waals surface area contributed by atoms with Gasteiger partial charge in [-0.15, -0.1) is 0 Å². The van der Waals surface area contributed by atoms with Gasteiger partial charge in [-0.1, -0.05) is 0 Å². The summed E-state index contributed by atoms with van der Waals surface area (Å²) in [6.45, 7) is 0.642. The molecule has 0 atom stereocenters. The van der Waals surface area contributed by atoms with E-state index in [4.69, 9.17) is 5.11 Å². The van der Waals surface area contributed by atoms with Gasteiger partial charge < -0.3 is 9.84 Å². The third-order valence-corrected chi connectivity index (χ3v) is 5.09. The molecule has 110 valence electrons. The van der Waals surface area contributed by atoms with Gasteiger partial charge in [0.15, 0.2) is 0 Å². The van der Waals surface area contributed by atoms with Gasteiger partial charge >= 0.3 is 11.9 Å². The van der Waals surface area contributed by atoms with Crippen LogP contribution in [0.1, 0.15) is 25.7 Å². The maximum Gasteiger partial charge on any atom is 0.306 e. The summed E-state index contributed by atoms with van der Waals surface area (Å²) in [5, 5.41) is 8.68. The summed E-state index contributed by atoms with van der Waals surface area (Å²) in [6.07, 6.45) is 1.01. The number of carboxylic acid groups (broad SMARTS) is 1. The first-order valence-corrected chi connectivity index (χ1v) is 7.72. The van der Waals surface area contributed by atoms with Crippen molar-refractivity contribution in [1.29, 1.82) is 0 Å². The van der Waals surface area contributed by atoms with Gasteiger partial charge in [0, 0.05) is 19.5 Å². The fraction of sp³-hybridized carbons (Fsp3) is 0.818. The van der Waals surface area contributed by atoms with Crippen molar-refractivity contribution in [3.63, 3.8) is 0 Å². The van der Waals surface area contributed by atoms with Gasteiger partial charge in [-0.3, -0.25) is 9.59 Å². The summed E-state index contributed by atoms with van der Waals surface area (Å²) in [6, 6.07) is 0. The molecule has 0 spiro atoms. The number of carboxylic acids is 1. The maximum atomic E-state index is 11.9. The maximum absolute atomic E-state index is 11.9. The molecular formula is C11H19NO6S. The highest BCUT2D eigenvalue weighted by Crippen LogP contribution is 2.22. The summed E-state index contributed by atoms with van der Waals surface area (Å²) in [4.78, 5) is 21.5. The first-order valence-electron chi connectivity index (χ1n) is 6.11. The van der Waals surface area contributed by atoms with Crippen LogP contribution in [0.15, 0.2) is 0 Å². The molecule has 0 amide bonds. The largest absolute Gasteiger partial charge is 0.481 e. The highest BCUT2D eigenvalue weighted by molar-refractivity contribution is 7.89. The number of aliphatic carboxylic acids is 1. The monoisotopic (exact) mass is 293 g/mol. The SMILES string of the molecule is COC(=O)CCS(=O)(=O)N1CCC(CC(=O)O)CC1. The Kier molecular flexibility index (Phi) is 5.74. The van der Waals surface area contributed by atoms with E-state index in [2.05, 4.69) is 4.74 Å². The molecule has 1 rings (SSSR count). The van der Waals surface area contributed by atoms with Crippen LogP contribution >= 0.6 is 0 Å². The zero-order chi connectivity index (χ0) is 14.5. The van der Waals surface area contributed by atoms with Gasteiger partial charge in [-0.25, -0.2) is 12.7 Å².